The number of hydroxylamine groups is 1. The number of hydrogen-bond donors (Lipinski definition) is 3. The summed E-state index contributed by atoms with van der Waals surface area (Å²) in [5.41, 5.74) is 3.26. The smallest absolute Gasteiger partial charge is 0.277 e. The molecule has 2 aromatic rings. The maximum absolute atomic E-state index is 11.3. The van der Waals surface area contributed by atoms with Crippen LogP contribution < -0.4 is 15.7 Å². The molecule has 1 aliphatic heterocycles. The molecule has 1 saturated heterocycles. The van der Waals surface area contributed by atoms with Gasteiger partial charge < -0.3 is 10.2 Å². The number of carbonyl (C=O) groups is 1. The lowest BCUT2D eigenvalue weighted by molar-refractivity contribution is 0.0705. The summed E-state index contributed by atoms with van der Waals surface area (Å²) < 4.78 is 0. The van der Waals surface area contributed by atoms with Gasteiger partial charge in [-0.2, -0.15) is 0 Å². The first-order valence-electron chi connectivity index (χ1n) is 9.07. The van der Waals surface area contributed by atoms with E-state index in [0.29, 0.717) is 23.9 Å². The molecule has 0 radical (unpaired) electrons. The molecular formula is C19H23N5O2. The number of nitrogens with one attached hydrogen (secondary N) is 2. The van der Waals surface area contributed by atoms with Crippen LogP contribution in [0.5, 0.6) is 0 Å². The van der Waals surface area contributed by atoms with E-state index < -0.39 is 5.91 Å². The van der Waals surface area contributed by atoms with Crippen molar-refractivity contribution in [2.45, 2.75) is 37.3 Å². The van der Waals surface area contributed by atoms with Crippen molar-refractivity contribution in [3.8, 4) is 0 Å². The second-order valence-electron chi connectivity index (χ2n) is 7.00. The number of nitrogens with zero attached hydrogens (tertiary/aromatic N) is 3. The SMILES string of the molecule is O=C(NO)c1cnc(N2CCC(NC3CC3c3ccccc3)CC2)nc1. The Balaban J connectivity index is 1.26. The third-order valence-corrected chi connectivity index (χ3v) is 5.25. The summed E-state index contributed by atoms with van der Waals surface area (Å²) in [4.78, 5) is 21.9. The zero-order valence-electron chi connectivity index (χ0n) is 14.5. The number of hydrogen-bond acceptors (Lipinski definition) is 6. The molecule has 1 aromatic carbocycles. The highest BCUT2D eigenvalue weighted by Gasteiger charge is 2.39. The summed E-state index contributed by atoms with van der Waals surface area (Å²) in [5.74, 6) is 0.686. The maximum atomic E-state index is 11.3. The summed E-state index contributed by atoms with van der Waals surface area (Å²) in [5, 5.41) is 12.4. The molecule has 4 rings (SSSR count). The van der Waals surface area contributed by atoms with Gasteiger partial charge in [0, 0.05) is 43.5 Å². The van der Waals surface area contributed by atoms with E-state index in [-0.39, 0.29) is 5.56 Å². The Morgan fingerprint density at radius 1 is 1.12 bits per heavy atom. The molecule has 0 bridgehead atoms. The van der Waals surface area contributed by atoms with Crippen molar-refractivity contribution in [3.05, 3.63) is 53.9 Å². The van der Waals surface area contributed by atoms with Crippen molar-refractivity contribution in [3.63, 3.8) is 0 Å². The zero-order valence-corrected chi connectivity index (χ0v) is 14.5. The Kier molecular flexibility index (Phi) is 4.81. The van der Waals surface area contributed by atoms with E-state index in [1.54, 1.807) is 5.48 Å². The minimum Gasteiger partial charge on any atom is -0.341 e. The lowest BCUT2D eigenvalue weighted by Gasteiger charge is -2.32. The van der Waals surface area contributed by atoms with Gasteiger partial charge in [-0.15, -0.1) is 0 Å². The second-order valence-corrected chi connectivity index (χ2v) is 7.00. The standard InChI is InChI=1S/C19H23N5O2/c25-18(23-26)14-11-20-19(21-12-14)24-8-6-15(7-9-24)22-17-10-16(17)13-4-2-1-3-5-13/h1-5,11-12,15-17,22,26H,6-10H2,(H,23,25). The summed E-state index contributed by atoms with van der Waals surface area (Å²) in [6.07, 6.45) is 6.21. The number of anilines is 1. The first-order valence-corrected chi connectivity index (χ1v) is 9.07. The number of amides is 1. The van der Waals surface area contributed by atoms with Crippen LogP contribution in [-0.4, -0.2) is 46.3 Å². The Morgan fingerprint density at radius 3 is 2.46 bits per heavy atom. The monoisotopic (exact) mass is 353 g/mol. The van der Waals surface area contributed by atoms with Crippen molar-refractivity contribution >= 4 is 11.9 Å². The third kappa shape index (κ3) is 3.68. The molecule has 3 N–H and O–H groups in total. The topological polar surface area (TPSA) is 90.4 Å². The van der Waals surface area contributed by atoms with Crippen LogP contribution in [0.2, 0.25) is 0 Å². The molecule has 2 atom stereocenters. The van der Waals surface area contributed by atoms with Crippen molar-refractivity contribution in [2.24, 2.45) is 0 Å². The predicted molar refractivity (Wildman–Crippen MR) is 97.2 cm³/mol. The van der Waals surface area contributed by atoms with Gasteiger partial charge in [-0.25, -0.2) is 15.4 Å². The van der Waals surface area contributed by atoms with Crippen LogP contribution in [0.4, 0.5) is 5.95 Å². The van der Waals surface area contributed by atoms with Crippen LogP contribution in [0.15, 0.2) is 42.7 Å². The van der Waals surface area contributed by atoms with Crippen LogP contribution in [0.25, 0.3) is 0 Å². The third-order valence-electron chi connectivity index (χ3n) is 5.25. The molecule has 1 aromatic heterocycles. The molecule has 1 saturated carbocycles. The molecule has 2 aliphatic rings. The lowest BCUT2D eigenvalue weighted by atomic mass is 10.0. The van der Waals surface area contributed by atoms with Gasteiger partial charge in [0.2, 0.25) is 5.95 Å². The van der Waals surface area contributed by atoms with Gasteiger partial charge >= 0.3 is 0 Å². The van der Waals surface area contributed by atoms with Crippen LogP contribution >= 0.6 is 0 Å². The van der Waals surface area contributed by atoms with E-state index in [0.717, 1.165) is 25.9 Å². The quantitative estimate of drug-likeness (QED) is 0.560. The normalized spacial score (nSPS) is 22.9. The first kappa shape index (κ1) is 16.9. The molecule has 7 heteroatoms. The fraction of sp³-hybridized carbons (Fsp3) is 0.421. The van der Waals surface area contributed by atoms with E-state index in [4.69, 9.17) is 5.21 Å². The molecular weight excluding hydrogens is 330 g/mol. The Hall–Kier alpha value is -2.51. The molecule has 2 heterocycles. The molecule has 2 fully saturated rings. The van der Waals surface area contributed by atoms with Crippen molar-refractivity contribution in [1.82, 2.24) is 20.8 Å². The Bertz CT molecular complexity index is 744. The summed E-state index contributed by atoms with van der Waals surface area (Å²) in [6.45, 7) is 1.79. The molecule has 1 amide bonds. The van der Waals surface area contributed by atoms with Crippen LogP contribution in [0, 0.1) is 0 Å². The number of aromatic nitrogens is 2. The van der Waals surface area contributed by atoms with Crippen molar-refractivity contribution < 1.29 is 10.0 Å². The molecule has 1 aliphatic carbocycles. The summed E-state index contributed by atoms with van der Waals surface area (Å²) >= 11 is 0. The fourth-order valence-electron chi connectivity index (χ4n) is 3.66. The maximum Gasteiger partial charge on any atom is 0.277 e. The predicted octanol–water partition coefficient (Wildman–Crippen LogP) is 1.71. The van der Waals surface area contributed by atoms with Gasteiger partial charge in [-0.05, 0) is 24.8 Å². The van der Waals surface area contributed by atoms with Gasteiger partial charge in [0.15, 0.2) is 0 Å². The summed E-state index contributed by atoms with van der Waals surface area (Å²) in [6, 6.07) is 11.8. The largest absolute Gasteiger partial charge is 0.341 e. The minimum atomic E-state index is -0.600. The van der Waals surface area contributed by atoms with E-state index >= 15 is 0 Å². The Labute approximate surface area is 152 Å². The van der Waals surface area contributed by atoms with Gasteiger partial charge in [-0.1, -0.05) is 30.3 Å². The molecule has 26 heavy (non-hydrogen) atoms. The average molecular weight is 353 g/mol. The zero-order chi connectivity index (χ0) is 17.9. The number of rotatable bonds is 5. The minimum absolute atomic E-state index is 0.244. The molecule has 7 nitrogen and oxygen atoms in total. The van der Waals surface area contributed by atoms with Crippen molar-refractivity contribution in [2.75, 3.05) is 18.0 Å². The van der Waals surface area contributed by atoms with Crippen LogP contribution in [0.3, 0.4) is 0 Å². The summed E-state index contributed by atoms with van der Waals surface area (Å²) in [7, 11) is 0. The molecule has 2 unspecified atom stereocenters. The van der Waals surface area contributed by atoms with E-state index in [9.17, 15) is 4.79 Å². The highest BCUT2D eigenvalue weighted by molar-refractivity contribution is 5.92. The van der Waals surface area contributed by atoms with Gasteiger partial charge in [0.05, 0.1) is 5.56 Å². The van der Waals surface area contributed by atoms with Gasteiger partial charge in [-0.3, -0.25) is 10.0 Å². The fourth-order valence-corrected chi connectivity index (χ4v) is 3.66. The number of benzene rings is 1. The number of carbonyl (C=O) groups excluding carboxylic acids is 1. The highest BCUT2D eigenvalue weighted by atomic mass is 16.5. The average Bonchev–Trinajstić information content (AvgIpc) is 3.48. The van der Waals surface area contributed by atoms with Gasteiger partial charge in [0.1, 0.15) is 0 Å². The van der Waals surface area contributed by atoms with E-state index in [1.807, 2.05) is 0 Å². The van der Waals surface area contributed by atoms with Crippen LogP contribution in [0.1, 0.15) is 41.1 Å². The van der Waals surface area contributed by atoms with Crippen molar-refractivity contribution in [1.29, 1.82) is 0 Å². The lowest BCUT2D eigenvalue weighted by Crippen LogP contribution is -2.44. The number of piperidine rings is 1. The van der Waals surface area contributed by atoms with Crippen LogP contribution in [-0.2, 0) is 0 Å². The molecule has 0 spiro atoms. The van der Waals surface area contributed by atoms with E-state index in [2.05, 4.69) is 50.5 Å². The highest BCUT2D eigenvalue weighted by Crippen LogP contribution is 2.41. The second kappa shape index (κ2) is 7.39. The molecule has 136 valence electrons. The van der Waals surface area contributed by atoms with Gasteiger partial charge in [0.25, 0.3) is 5.91 Å². The van der Waals surface area contributed by atoms with E-state index in [1.165, 1.54) is 24.4 Å². The first-order chi connectivity index (χ1) is 12.7. The Morgan fingerprint density at radius 2 is 1.81 bits per heavy atom.